The quantitative estimate of drug-likeness (QED) is 0.231. The molecule has 2 aromatic carbocycles. The van der Waals surface area contributed by atoms with Crippen LogP contribution in [0.25, 0.3) is 22.2 Å². The van der Waals surface area contributed by atoms with Crippen LogP contribution in [-0.2, 0) is 16.7 Å². The fraction of sp³-hybridized carbons (Fsp3) is 0.350. The van der Waals surface area contributed by atoms with Gasteiger partial charge in [0.25, 0.3) is 15.8 Å². The Morgan fingerprint density at radius 2 is 1.97 bits per heavy atom. The second-order valence-corrected chi connectivity index (χ2v) is 9.55. The van der Waals surface area contributed by atoms with Crippen LogP contribution >= 0.6 is 11.6 Å². The summed E-state index contributed by atoms with van der Waals surface area (Å²) in [6.45, 7) is 1.61. The highest BCUT2D eigenvalue weighted by molar-refractivity contribution is 7.85. The number of fused-ring (bicyclic) bond motifs is 2. The molecule has 0 aliphatic carbocycles. The van der Waals surface area contributed by atoms with Gasteiger partial charge in [0.15, 0.2) is 0 Å². The van der Waals surface area contributed by atoms with E-state index < -0.39 is 10.1 Å². The number of methoxy groups -OCH3 is 1. The molecule has 2 N–H and O–H groups in total. The normalized spacial score (nSPS) is 12.1. The molecule has 0 spiro atoms. The summed E-state index contributed by atoms with van der Waals surface area (Å²) in [6, 6.07) is 6.81. The SMILES string of the molecule is COc1ccc2c(c1Cl)-c1nn(CCCN(C)C)c3ccc([N+](=O)[O-])c(c13)N2.CS(=O)(=O)O. The number of aromatic nitrogens is 2. The molecular formula is C20H24ClN5O6S. The van der Waals surface area contributed by atoms with E-state index in [-0.39, 0.29) is 10.6 Å². The van der Waals surface area contributed by atoms with Gasteiger partial charge in [0.2, 0.25) is 0 Å². The molecule has 0 saturated carbocycles. The van der Waals surface area contributed by atoms with Crippen molar-refractivity contribution in [1.82, 2.24) is 14.7 Å². The Kier molecular flexibility index (Phi) is 7.12. The van der Waals surface area contributed by atoms with Crippen molar-refractivity contribution in [2.45, 2.75) is 13.0 Å². The summed E-state index contributed by atoms with van der Waals surface area (Å²) in [5.41, 5.74) is 3.31. The topological polar surface area (TPSA) is 140 Å². The van der Waals surface area contributed by atoms with Gasteiger partial charge in [-0.1, -0.05) is 11.6 Å². The number of ether oxygens (including phenoxy) is 1. The van der Waals surface area contributed by atoms with Gasteiger partial charge in [0.05, 0.1) is 39.9 Å². The first kappa shape index (κ1) is 24.7. The maximum Gasteiger partial charge on any atom is 0.293 e. The third-order valence-corrected chi connectivity index (χ3v) is 5.27. The monoisotopic (exact) mass is 497 g/mol. The molecule has 1 aromatic heterocycles. The number of nitro groups is 1. The molecule has 0 radical (unpaired) electrons. The number of hydrogen-bond acceptors (Lipinski definition) is 8. The molecule has 178 valence electrons. The standard InChI is InChI=1S/C19H20ClN5O3.CH4O3S/c1-23(2)9-4-10-24-12-6-7-13(25(26)27)18-16(12)19(22-24)15-11(21-18)5-8-14(28-3)17(15)20;1-5(2,3)4/h5-8,21H,4,9-10H2,1-3H3;1H3,(H,2,3,4). The number of rotatable bonds is 6. The van der Waals surface area contributed by atoms with E-state index in [1.807, 2.05) is 18.8 Å². The molecule has 1 aliphatic rings. The molecule has 0 unspecified atom stereocenters. The van der Waals surface area contributed by atoms with Gasteiger partial charge < -0.3 is 15.0 Å². The molecule has 33 heavy (non-hydrogen) atoms. The fourth-order valence-electron chi connectivity index (χ4n) is 3.61. The smallest absolute Gasteiger partial charge is 0.293 e. The van der Waals surface area contributed by atoms with Crippen molar-refractivity contribution < 1.29 is 22.6 Å². The lowest BCUT2D eigenvalue weighted by Gasteiger charge is -2.20. The van der Waals surface area contributed by atoms with Crippen LogP contribution in [0.3, 0.4) is 0 Å². The predicted molar refractivity (Wildman–Crippen MR) is 127 cm³/mol. The first-order valence-electron chi connectivity index (χ1n) is 9.81. The van der Waals surface area contributed by atoms with Gasteiger partial charge in [-0.3, -0.25) is 19.3 Å². The Hall–Kier alpha value is -2.93. The van der Waals surface area contributed by atoms with Crippen molar-refractivity contribution in [3.63, 3.8) is 0 Å². The van der Waals surface area contributed by atoms with Crippen molar-refractivity contribution in [3.05, 3.63) is 39.4 Å². The highest BCUT2D eigenvalue weighted by Gasteiger charge is 2.31. The van der Waals surface area contributed by atoms with Crippen LogP contribution in [0.2, 0.25) is 5.02 Å². The molecule has 0 bridgehead atoms. The first-order valence-corrected chi connectivity index (χ1v) is 12.0. The highest BCUT2D eigenvalue weighted by atomic mass is 35.5. The van der Waals surface area contributed by atoms with Crippen LogP contribution in [0.15, 0.2) is 24.3 Å². The van der Waals surface area contributed by atoms with Gasteiger partial charge in [-0.05, 0) is 45.3 Å². The molecule has 2 heterocycles. The minimum Gasteiger partial charge on any atom is -0.495 e. The van der Waals surface area contributed by atoms with E-state index in [0.717, 1.165) is 18.5 Å². The van der Waals surface area contributed by atoms with Crippen LogP contribution in [-0.4, -0.2) is 66.6 Å². The fourth-order valence-corrected chi connectivity index (χ4v) is 3.94. The number of nitrogens with zero attached hydrogens (tertiary/aromatic N) is 4. The van der Waals surface area contributed by atoms with Gasteiger partial charge in [0, 0.05) is 18.2 Å². The van der Waals surface area contributed by atoms with Gasteiger partial charge >= 0.3 is 0 Å². The van der Waals surface area contributed by atoms with Gasteiger partial charge in [-0.2, -0.15) is 13.5 Å². The van der Waals surface area contributed by atoms with Gasteiger partial charge in [0.1, 0.15) is 17.1 Å². The summed E-state index contributed by atoms with van der Waals surface area (Å²) in [4.78, 5) is 13.3. The zero-order chi connectivity index (χ0) is 24.5. The number of halogens is 1. The average molecular weight is 498 g/mol. The third kappa shape index (κ3) is 5.36. The van der Waals surface area contributed by atoms with Crippen molar-refractivity contribution >= 4 is 49.7 Å². The second-order valence-electron chi connectivity index (χ2n) is 7.70. The Morgan fingerprint density at radius 3 is 2.55 bits per heavy atom. The van der Waals surface area contributed by atoms with Gasteiger partial charge in [-0.25, -0.2) is 0 Å². The molecule has 3 aromatic rings. The molecule has 11 nitrogen and oxygen atoms in total. The van der Waals surface area contributed by atoms with E-state index in [9.17, 15) is 18.5 Å². The van der Waals surface area contributed by atoms with E-state index in [0.29, 0.717) is 51.6 Å². The van der Waals surface area contributed by atoms with E-state index in [2.05, 4.69) is 10.2 Å². The maximum absolute atomic E-state index is 11.6. The zero-order valence-electron chi connectivity index (χ0n) is 18.5. The summed E-state index contributed by atoms with van der Waals surface area (Å²) < 4.78 is 33.1. The molecule has 4 rings (SSSR count). The van der Waals surface area contributed by atoms with E-state index in [1.54, 1.807) is 25.3 Å². The molecule has 0 amide bonds. The summed E-state index contributed by atoms with van der Waals surface area (Å²) in [7, 11) is 1.93. The first-order chi connectivity index (χ1) is 15.4. The van der Waals surface area contributed by atoms with Crippen molar-refractivity contribution in [1.29, 1.82) is 0 Å². The average Bonchev–Trinajstić information content (AvgIpc) is 3.06. The molecule has 0 atom stereocenters. The molecule has 0 fully saturated rings. The van der Waals surface area contributed by atoms with Crippen LogP contribution in [0.1, 0.15) is 6.42 Å². The van der Waals surface area contributed by atoms with Crippen molar-refractivity contribution in [2.75, 3.05) is 39.3 Å². The molecular weight excluding hydrogens is 474 g/mol. The highest BCUT2D eigenvalue weighted by Crippen LogP contribution is 2.51. The maximum atomic E-state index is 11.6. The van der Waals surface area contributed by atoms with E-state index in [1.165, 1.54) is 6.07 Å². The number of anilines is 2. The van der Waals surface area contributed by atoms with E-state index >= 15 is 0 Å². The van der Waals surface area contributed by atoms with Crippen LogP contribution in [0, 0.1) is 10.1 Å². The minimum atomic E-state index is -3.67. The van der Waals surface area contributed by atoms with Crippen molar-refractivity contribution in [3.8, 4) is 17.0 Å². The lowest BCUT2D eigenvalue weighted by Crippen LogP contribution is -2.15. The molecule has 0 saturated heterocycles. The zero-order valence-corrected chi connectivity index (χ0v) is 20.1. The number of benzene rings is 2. The Balaban J connectivity index is 0.000000555. The van der Waals surface area contributed by atoms with Crippen LogP contribution in [0.4, 0.5) is 17.1 Å². The predicted octanol–water partition coefficient (Wildman–Crippen LogP) is 3.79. The number of nitrogens with one attached hydrogen (secondary N) is 1. The Morgan fingerprint density at radius 1 is 1.30 bits per heavy atom. The summed E-state index contributed by atoms with van der Waals surface area (Å²) in [5.74, 6) is 0.534. The van der Waals surface area contributed by atoms with Gasteiger partial charge in [-0.15, -0.1) is 0 Å². The van der Waals surface area contributed by atoms with Crippen LogP contribution in [0.5, 0.6) is 5.75 Å². The number of hydrogen-bond donors (Lipinski definition) is 2. The molecule has 13 heteroatoms. The summed E-state index contributed by atoms with van der Waals surface area (Å²) in [5, 5.41) is 20.7. The Labute approximate surface area is 195 Å². The second kappa shape index (κ2) is 9.51. The molecule has 1 aliphatic heterocycles. The minimum absolute atomic E-state index is 0.0131. The third-order valence-electron chi connectivity index (χ3n) is 4.89. The lowest BCUT2D eigenvalue weighted by molar-refractivity contribution is -0.383. The van der Waals surface area contributed by atoms with E-state index in [4.69, 9.17) is 26.0 Å². The number of aryl methyl sites for hydroxylation is 1. The number of nitro benzene ring substituents is 1. The lowest BCUT2D eigenvalue weighted by atomic mass is 9.99. The van der Waals surface area contributed by atoms with Crippen LogP contribution < -0.4 is 10.1 Å². The van der Waals surface area contributed by atoms with Crippen molar-refractivity contribution in [2.24, 2.45) is 0 Å². The Bertz CT molecular complexity index is 1310. The summed E-state index contributed by atoms with van der Waals surface area (Å²) >= 11 is 6.58. The summed E-state index contributed by atoms with van der Waals surface area (Å²) in [6.07, 6.45) is 1.62. The largest absolute Gasteiger partial charge is 0.495 e.